The molecule has 1 aliphatic heterocycles. The van der Waals surface area contributed by atoms with Crippen molar-refractivity contribution in [2.45, 2.75) is 13.3 Å². The van der Waals surface area contributed by atoms with Crippen LogP contribution in [-0.4, -0.2) is 36.2 Å². The molecular weight excluding hydrogens is 264 g/mol. The molecule has 1 aromatic carbocycles. The standard InChI is InChI=1S/C14H17ClN2O2/c1-14(13(16)19)6-7-17(9-14)8-12(18)10-4-2-3-5-11(10)15/h2-5H,6-9H2,1H3,(H2,16,19). The van der Waals surface area contributed by atoms with Crippen molar-refractivity contribution in [3.63, 3.8) is 0 Å². The van der Waals surface area contributed by atoms with Gasteiger partial charge in [0, 0.05) is 12.1 Å². The number of nitrogens with two attached hydrogens (primary N) is 1. The number of carbonyl (C=O) groups excluding carboxylic acids is 2. The Balaban J connectivity index is 2.02. The Labute approximate surface area is 117 Å². The van der Waals surface area contributed by atoms with Gasteiger partial charge in [0.15, 0.2) is 5.78 Å². The number of rotatable bonds is 4. The van der Waals surface area contributed by atoms with Crippen LogP contribution in [0.15, 0.2) is 24.3 Å². The maximum atomic E-state index is 12.2. The van der Waals surface area contributed by atoms with Gasteiger partial charge in [0.2, 0.25) is 5.91 Å². The second-order valence-corrected chi connectivity index (χ2v) is 5.70. The molecule has 1 aliphatic rings. The number of amides is 1. The number of carbonyl (C=O) groups is 2. The van der Waals surface area contributed by atoms with E-state index in [-0.39, 0.29) is 18.2 Å². The molecule has 19 heavy (non-hydrogen) atoms. The molecule has 0 radical (unpaired) electrons. The minimum absolute atomic E-state index is 0.0284. The van der Waals surface area contributed by atoms with Gasteiger partial charge in [0.25, 0.3) is 0 Å². The van der Waals surface area contributed by atoms with E-state index in [9.17, 15) is 9.59 Å². The first-order valence-electron chi connectivity index (χ1n) is 6.22. The summed E-state index contributed by atoms with van der Waals surface area (Å²) in [6.07, 6.45) is 0.693. The van der Waals surface area contributed by atoms with Gasteiger partial charge >= 0.3 is 0 Å². The highest BCUT2D eigenvalue weighted by Gasteiger charge is 2.39. The fourth-order valence-electron chi connectivity index (χ4n) is 2.37. The highest BCUT2D eigenvalue weighted by molar-refractivity contribution is 6.34. The van der Waals surface area contributed by atoms with Gasteiger partial charge in [-0.2, -0.15) is 0 Å². The summed E-state index contributed by atoms with van der Waals surface area (Å²) >= 11 is 6.00. The van der Waals surface area contributed by atoms with Gasteiger partial charge < -0.3 is 5.73 Å². The molecule has 1 atom stereocenters. The van der Waals surface area contributed by atoms with Crippen LogP contribution in [0, 0.1) is 5.41 Å². The third-order valence-electron chi connectivity index (χ3n) is 3.69. The number of primary amides is 1. The first kappa shape index (κ1) is 14.0. The number of Topliss-reactive ketones (excluding diaryl/α,β-unsaturated/α-hetero) is 1. The van der Waals surface area contributed by atoms with Gasteiger partial charge in [0.1, 0.15) is 0 Å². The minimum atomic E-state index is -0.527. The summed E-state index contributed by atoms with van der Waals surface area (Å²) in [6, 6.07) is 7.00. The normalized spacial score (nSPS) is 23.5. The van der Waals surface area contributed by atoms with Crippen molar-refractivity contribution in [3.05, 3.63) is 34.9 Å². The lowest BCUT2D eigenvalue weighted by atomic mass is 9.89. The summed E-state index contributed by atoms with van der Waals surface area (Å²) in [5.41, 5.74) is 5.39. The molecule has 0 saturated carbocycles. The molecule has 102 valence electrons. The zero-order valence-electron chi connectivity index (χ0n) is 10.9. The second-order valence-electron chi connectivity index (χ2n) is 5.29. The predicted octanol–water partition coefficient (Wildman–Crippen LogP) is 1.72. The Morgan fingerprint density at radius 3 is 2.68 bits per heavy atom. The van der Waals surface area contributed by atoms with Gasteiger partial charge in [-0.1, -0.05) is 23.7 Å². The monoisotopic (exact) mass is 280 g/mol. The van der Waals surface area contributed by atoms with Crippen molar-refractivity contribution >= 4 is 23.3 Å². The molecule has 0 spiro atoms. The lowest BCUT2D eigenvalue weighted by Gasteiger charge is -2.20. The molecule has 1 fully saturated rings. The van der Waals surface area contributed by atoms with Gasteiger partial charge in [-0.05, 0) is 32.0 Å². The van der Waals surface area contributed by atoms with Gasteiger partial charge in [-0.15, -0.1) is 0 Å². The molecule has 5 heteroatoms. The van der Waals surface area contributed by atoms with Crippen LogP contribution in [0.25, 0.3) is 0 Å². The van der Waals surface area contributed by atoms with E-state index in [2.05, 4.69) is 0 Å². The molecule has 2 rings (SSSR count). The minimum Gasteiger partial charge on any atom is -0.369 e. The molecule has 2 N–H and O–H groups in total. The maximum absolute atomic E-state index is 12.2. The third-order valence-corrected chi connectivity index (χ3v) is 4.02. The van der Waals surface area contributed by atoms with E-state index in [0.717, 1.165) is 0 Å². The van der Waals surface area contributed by atoms with Crippen LogP contribution in [0.5, 0.6) is 0 Å². The lowest BCUT2D eigenvalue weighted by molar-refractivity contribution is -0.126. The van der Waals surface area contributed by atoms with Crippen LogP contribution in [0.4, 0.5) is 0 Å². The number of ketones is 1. The van der Waals surface area contributed by atoms with Crippen LogP contribution in [0.2, 0.25) is 5.02 Å². The van der Waals surface area contributed by atoms with Crippen molar-refractivity contribution < 1.29 is 9.59 Å². The average Bonchev–Trinajstić information content (AvgIpc) is 2.73. The zero-order valence-corrected chi connectivity index (χ0v) is 11.6. The highest BCUT2D eigenvalue weighted by atomic mass is 35.5. The van der Waals surface area contributed by atoms with E-state index >= 15 is 0 Å². The smallest absolute Gasteiger partial charge is 0.224 e. The Bertz CT molecular complexity index is 518. The molecule has 1 saturated heterocycles. The maximum Gasteiger partial charge on any atom is 0.224 e. The molecule has 0 bridgehead atoms. The first-order chi connectivity index (χ1) is 8.92. The Hall–Kier alpha value is -1.39. The lowest BCUT2D eigenvalue weighted by Crippen LogP contribution is -2.38. The van der Waals surface area contributed by atoms with Gasteiger partial charge in [-0.25, -0.2) is 0 Å². The summed E-state index contributed by atoms with van der Waals surface area (Å²) < 4.78 is 0. The van der Waals surface area contributed by atoms with Crippen molar-refractivity contribution in [2.75, 3.05) is 19.6 Å². The highest BCUT2D eigenvalue weighted by Crippen LogP contribution is 2.29. The van der Waals surface area contributed by atoms with Crippen LogP contribution in [-0.2, 0) is 4.79 Å². The van der Waals surface area contributed by atoms with Crippen LogP contribution >= 0.6 is 11.6 Å². The van der Waals surface area contributed by atoms with Crippen molar-refractivity contribution in [3.8, 4) is 0 Å². The molecule has 0 aliphatic carbocycles. The number of nitrogens with zero attached hydrogens (tertiary/aromatic N) is 1. The Morgan fingerprint density at radius 1 is 1.42 bits per heavy atom. The molecule has 1 amide bonds. The first-order valence-corrected chi connectivity index (χ1v) is 6.60. The largest absolute Gasteiger partial charge is 0.369 e. The summed E-state index contributed by atoms with van der Waals surface area (Å²) in [6.45, 7) is 3.34. The van der Waals surface area contributed by atoms with Crippen LogP contribution in [0.3, 0.4) is 0 Å². The van der Waals surface area contributed by atoms with E-state index in [4.69, 9.17) is 17.3 Å². The number of halogens is 1. The fourth-order valence-corrected chi connectivity index (χ4v) is 2.61. The second kappa shape index (κ2) is 5.31. The zero-order chi connectivity index (χ0) is 14.0. The summed E-state index contributed by atoms with van der Waals surface area (Å²) in [7, 11) is 0. The van der Waals surface area contributed by atoms with Crippen molar-refractivity contribution in [2.24, 2.45) is 11.1 Å². The topological polar surface area (TPSA) is 63.4 Å². The van der Waals surface area contributed by atoms with Gasteiger partial charge in [0.05, 0.1) is 17.0 Å². The number of likely N-dealkylation sites (tertiary alicyclic amines) is 1. The SMILES string of the molecule is CC1(C(N)=O)CCN(CC(=O)c2ccccc2Cl)C1. The Morgan fingerprint density at radius 2 is 2.11 bits per heavy atom. The van der Waals surface area contributed by atoms with Gasteiger partial charge in [-0.3, -0.25) is 14.5 Å². The number of hydrogen-bond acceptors (Lipinski definition) is 3. The average molecular weight is 281 g/mol. The van der Waals surface area contributed by atoms with Crippen LogP contribution in [0.1, 0.15) is 23.7 Å². The number of hydrogen-bond donors (Lipinski definition) is 1. The quantitative estimate of drug-likeness (QED) is 0.854. The third kappa shape index (κ3) is 2.96. The molecule has 1 unspecified atom stereocenters. The molecule has 1 aromatic rings. The van der Waals surface area contributed by atoms with E-state index < -0.39 is 5.41 Å². The van der Waals surface area contributed by atoms with Crippen molar-refractivity contribution in [1.29, 1.82) is 0 Å². The molecule has 1 heterocycles. The fraction of sp³-hybridized carbons (Fsp3) is 0.429. The van der Waals surface area contributed by atoms with E-state index in [1.807, 2.05) is 11.8 Å². The summed E-state index contributed by atoms with van der Waals surface area (Å²) in [5, 5.41) is 0.462. The molecule has 0 aromatic heterocycles. The number of benzene rings is 1. The predicted molar refractivity (Wildman–Crippen MR) is 74.1 cm³/mol. The summed E-state index contributed by atoms with van der Waals surface area (Å²) in [4.78, 5) is 25.5. The Kier molecular flexibility index (Phi) is 3.92. The molecule has 4 nitrogen and oxygen atoms in total. The van der Waals surface area contributed by atoms with Crippen molar-refractivity contribution in [1.82, 2.24) is 4.90 Å². The summed E-state index contributed by atoms with van der Waals surface area (Å²) in [5.74, 6) is -0.334. The van der Waals surface area contributed by atoms with E-state index in [0.29, 0.717) is 30.1 Å². The van der Waals surface area contributed by atoms with Crippen LogP contribution < -0.4 is 5.73 Å². The molecular formula is C14H17ClN2O2. The van der Waals surface area contributed by atoms with E-state index in [1.165, 1.54) is 0 Å². The van der Waals surface area contributed by atoms with E-state index in [1.54, 1.807) is 24.3 Å².